The van der Waals surface area contributed by atoms with Gasteiger partial charge in [0, 0.05) is 44.1 Å². The highest BCUT2D eigenvalue weighted by Gasteiger charge is 2.35. The number of anilines is 1. The van der Waals surface area contributed by atoms with Gasteiger partial charge < -0.3 is 14.5 Å². The molecule has 130 valence electrons. The number of nitrogens with zero attached hydrogens (tertiary/aromatic N) is 4. The van der Waals surface area contributed by atoms with Gasteiger partial charge in [-0.15, -0.1) is 0 Å². The number of ether oxygens (including phenoxy) is 1. The van der Waals surface area contributed by atoms with E-state index in [1.165, 1.54) is 5.56 Å². The van der Waals surface area contributed by atoms with E-state index < -0.39 is 0 Å². The van der Waals surface area contributed by atoms with E-state index in [1.54, 1.807) is 6.33 Å². The molecular formula is C18H26N4O2. The molecule has 2 aliphatic heterocycles. The Balaban J connectivity index is 1.49. The molecule has 1 aliphatic carbocycles. The molecule has 4 rings (SSSR count). The molecule has 6 heteroatoms. The minimum atomic E-state index is 0.256. The van der Waals surface area contributed by atoms with Crippen molar-refractivity contribution in [1.82, 2.24) is 14.9 Å². The van der Waals surface area contributed by atoms with Gasteiger partial charge in [0.15, 0.2) is 0 Å². The highest BCUT2D eigenvalue weighted by Crippen LogP contribution is 2.35. The van der Waals surface area contributed by atoms with E-state index in [9.17, 15) is 4.79 Å². The summed E-state index contributed by atoms with van der Waals surface area (Å²) in [7, 11) is 0. The van der Waals surface area contributed by atoms with Crippen molar-refractivity contribution in [3.8, 4) is 0 Å². The molecule has 2 fully saturated rings. The van der Waals surface area contributed by atoms with Crippen LogP contribution in [0.1, 0.15) is 31.0 Å². The van der Waals surface area contributed by atoms with Gasteiger partial charge in [0.25, 0.3) is 0 Å². The molecule has 1 aromatic heterocycles. The zero-order chi connectivity index (χ0) is 16.5. The Labute approximate surface area is 143 Å². The smallest absolute Gasteiger partial charge is 0.225 e. The van der Waals surface area contributed by atoms with E-state index in [0.717, 1.165) is 76.6 Å². The first kappa shape index (κ1) is 15.8. The van der Waals surface area contributed by atoms with Gasteiger partial charge in [-0.05, 0) is 25.2 Å². The zero-order valence-corrected chi connectivity index (χ0v) is 14.4. The van der Waals surface area contributed by atoms with Crippen molar-refractivity contribution in [2.24, 2.45) is 11.8 Å². The van der Waals surface area contributed by atoms with E-state index >= 15 is 0 Å². The molecule has 0 aromatic carbocycles. The summed E-state index contributed by atoms with van der Waals surface area (Å²) in [6.45, 7) is 7.08. The average Bonchev–Trinajstić information content (AvgIpc) is 2.82. The van der Waals surface area contributed by atoms with Crippen molar-refractivity contribution in [3.05, 3.63) is 17.6 Å². The minimum Gasteiger partial charge on any atom is -0.378 e. The van der Waals surface area contributed by atoms with Crippen LogP contribution in [0.3, 0.4) is 0 Å². The topological polar surface area (TPSA) is 58.6 Å². The number of morpholine rings is 1. The molecule has 0 N–H and O–H groups in total. The summed E-state index contributed by atoms with van der Waals surface area (Å²) < 4.78 is 5.45. The lowest BCUT2D eigenvalue weighted by Gasteiger charge is -2.35. The van der Waals surface area contributed by atoms with Crippen LogP contribution in [0.4, 0.5) is 5.82 Å². The molecule has 6 nitrogen and oxygen atoms in total. The molecule has 3 heterocycles. The largest absolute Gasteiger partial charge is 0.378 e. The predicted octanol–water partition coefficient (Wildman–Crippen LogP) is 1.29. The molecule has 1 saturated heterocycles. The van der Waals surface area contributed by atoms with Gasteiger partial charge in [-0.3, -0.25) is 4.79 Å². The first-order valence-corrected chi connectivity index (χ1v) is 9.16. The lowest BCUT2D eigenvalue weighted by molar-refractivity contribution is -0.139. The van der Waals surface area contributed by atoms with E-state index in [0.29, 0.717) is 11.8 Å². The normalized spacial score (nSPS) is 27.2. The van der Waals surface area contributed by atoms with E-state index in [2.05, 4.69) is 26.7 Å². The fourth-order valence-corrected chi connectivity index (χ4v) is 4.14. The maximum atomic E-state index is 12.7. The molecular weight excluding hydrogens is 304 g/mol. The lowest BCUT2D eigenvalue weighted by atomic mass is 9.75. The molecule has 1 saturated carbocycles. The van der Waals surface area contributed by atoms with Crippen LogP contribution in [-0.4, -0.2) is 60.2 Å². The van der Waals surface area contributed by atoms with Gasteiger partial charge in [0.1, 0.15) is 12.1 Å². The third kappa shape index (κ3) is 2.99. The quantitative estimate of drug-likeness (QED) is 0.818. The highest BCUT2D eigenvalue weighted by molar-refractivity contribution is 5.80. The third-order valence-electron chi connectivity index (χ3n) is 5.61. The first-order valence-electron chi connectivity index (χ1n) is 9.16. The average molecular weight is 330 g/mol. The Kier molecular flexibility index (Phi) is 4.39. The summed E-state index contributed by atoms with van der Waals surface area (Å²) in [6.07, 6.45) is 5.48. The van der Waals surface area contributed by atoms with Crippen LogP contribution in [0.15, 0.2) is 6.33 Å². The van der Waals surface area contributed by atoms with Gasteiger partial charge >= 0.3 is 0 Å². The van der Waals surface area contributed by atoms with Crippen molar-refractivity contribution in [1.29, 1.82) is 0 Å². The molecule has 1 aromatic rings. The summed E-state index contributed by atoms with van der Waals surface area (Å²) in [5.74, 6) is 2.37. The fourth-order valence-electron chi connectivity index (χ4n) is 4.14. The summed E-state index contributed by atoms with van der Waals surface area (Å²) >= 11 is 0. The summed E-state index contributed by atoms with van der Waals surface area (Å²) in [4.78, 5) is 26.1. The molecule has 3 aliphatic rings. The van der Waals surface area contributed by atoms with Crippen LogP contribution in [0.25, 0.3) is 0 Å². The molecule has 24 heavy (non-hydrogen) atoms. The second kappa shape index (κ2) is 6.67. The van der Waals surface area contributed by atoms with E-state index in [-0.39, 0.29) is 5.92 Å². The van der Waals surface area contributed by atoms with Crippen molar-refractivity contribution in [2.75, 3.05) is 44.3 Å². The van der Waals surface area contributed by atoms with Crippen LogP contribution >= 0.6 is 0 Å². The third-order valence-corrected chi connectivity index (χ3v) is 5.61. The van der Waals surface area contributed by atoms with Crippen LogP contribution in [0.5, 0.6) is 0 Å². The number of hydrogen-bond donors (Lipinski definition) is 0. The van der Waals surface area contributed by atoms with E-state index in [1.807, 2.05) is 0 Å². The SMILES string of the molecule is CC1CC(C(=O)N2CCc3ncnc(N4CCOCC4)c3CC2)C1. The number of carbonyl (C=O) groups excluding carboxylic acids is 1. The molecule has 0 bridgehead atoms. The highest BCUT2D eigenvalue weighted by atomic mass is 16.5. The zero-order valence-electron chi connectivity index (χ0n) is 14.4. The Hall–Kier alpha value is -1.69. The first-order chi connectivity index (χ1) is 11.7. The predicted molar refractivity (Wildman–Crippen MR) is 90.9 cm³/mol. The Morgan fingerprint density at radius 2 is 1.88 bits per heavy atom. The van der Waals surface area contributed by atoms with Crippen molar-refractivity contribution in [2.45, 2.75) is 32.6 Å². The van der Waals surface area contributed by atoms with Crippen molar-refractivity contribution >= 4 is 11.7 Å². The molecule has 1 amide bonds. The molecule has 0 radical (unpaired) electrons. The van der Waals surface area contributed by atoms with Gasteiger partial charge in [-0.1, -0.05) is 6.92 Å². The van der Waals surface area contributed by atoms with Crippen LogP contribution in [-0.2, 0) is 22.4 Å². The Bertz CT molecular complexity index is 609. The van der Waals surface area contributed by atoms with Crippen LogP contribution in [0.2, 0.25) is 0 Å². The minimum absolute atomic E-state index is 0.256. The molecule has 0 unspecified atom stereocenters. The molecule has 0 atom stereocenters. The molecule has 0 spiro atoms. The number of amides is 1. The summed E-state index contributed by atoms with van der Waals surface area (Å²) in [5, 5.41) is 0. The second-order valence-electron chi connectivity index (χ2n) is 7.32. The number of hydrogen-bond acceptors (Lipinski definition) is 5. The van der Waals surface area contributed by atoms with Crippen molar-refractivity contribution < 1.29 is 9.53 Å². The monoisotopic (exact) mass is 330 g/mol. The van der Waals surface area contributed by atoms with Gasteiger partial charge in [0.2, 0.25) is 5.91 Å². The van der Waals surface area contributed by atoms with E-state index in [4.69, 9.17) is 4.74 Å². The Morgan fingerprint density at radius 3 is 2.62 bits per heavy atom. The summed E-state index contributed by atoms with van der Waals surface area (Å²) in [6, 6.07) is 0. The number of aromatic nitrogens is 2. The van der Waals surface area contributed by atoms with Crippen LogP contribution in [0, 0.1) is 11.8 Å². The van der Waals surface area contributed by atoms with Gasteiger partial charge in [-0.2, -0.15) is 0 Å². The second-order valence-corrected chi connectivity index (χ2v) is 7.32. The van der Waals surface area contributed by atoms with Crippen molar-refractivity contribution in [3.63, 3.8) is 0 Å². The fraction of sp³-hybridized carbons (Fsp3) is 0.722. The number of fused-ring (bicyclic) bond motifs is 1. The lowest BCUT2D eigenvalue weighted by Crippen LogP contribution is -2.42. The standard InChI is InChI=1S/C18H26N4O2/c1-13-10-14(11-13)18(23)22-4-2-15-16(3-5-22)19-12-20-17(15)21-6-8-24-9-7-21/h12-14H,2-11H2,1H3. The number of rotatable bonds is 2. The maximum absolute atomic E-state index is 12.7. The summed E-state index contributed by atoms with van der Waals surface area (Å²) in [5.41, 5.74) is 2.35. The van der Waals surface area contributed by atoms with Gasteiger partial charge in [0.05, 0.1) is 18.9 Å². The Morgan fingerprint density at radius 1 is 1.12 bits per heavy atom. The van der Waals surface area contributed by atoms with Gasteiger partial charge in [-0.25, -0.2) is 9.97 Å². The number of carbonyl (C=O) groups is 1. The van der Waals surface area contributed by atoms with Crippen LogP contribution < -0.4 is 4.90 Å². The maximum Gasteiger partial charge on any atom is 0.225 e.